The molecular formula is C45H94O3Sn2. The number of unbranched alkanes of at least 4 members (excludes halogenated alkanes) is 20. The first-order valence-corrected chi connectivity index (χ1v) is 43.8. The quantitative estimate of drug-likeness (QED) is 0.0463. The third-order valence-corrected chi connectivity index (χ3v) is 80.0. The molecule has 0 radical (unpaired) electrons. The second-order valence-electron chi connectivity index (χ2n) is 17.3. The van der Waals surface area contributed by atoms with Crippen LogP contribution in [0.4, 0.5) is 0 Å². The molecule has 0 N–H and O–H groups in total. The van der Waals surface area contributed by atoms with Gasteiger partial charge < -0.3 is 0 Å². The van der Waals surface area contributed by atoms with Crippen LogP contribution in [0.25, 0.3) is 0 Å². The average molecular weight is 921 g/mol. The van der Waals surface area contributed by atoms with Crippen molar-refractivity contribution >= 4 is 30.1 Å². The normalized spacial score (nSPS) is 19.9. The third kappa shape index (κ3) is 20.4. The molecule has 1 rings (SSSR count). The van der Waals surface area contributed by atoms with E-state index in [-0.39, 0.29) is 5.60 Å². The van der Waals surface area contributed by atoms with Crippen LogP contribution >= 0.6 is 0 Å². The van der Waals surface area contributed by atoms with Gasteiger partial charge in [-0.05, 0) is 0 Å². The van der Waals surface area contributed by atoms with Gasteiger partial charge in [-0.25, -0.2) is 0 Å². The second-order valence-corrected chi connectivity index (χ2v) is 65.8. The summed E-state index contributed by atoms with van der Waals surface area (Å²) in [5.41, 5.74) is 0.107. The second kappa shape index (κ2) is 31.7. The van der Waals surface area contributed by atoms with E-state index >= 15 is 0 Å². The molecule has 1 saturated heterocycles. The van der Waals surface area contributed by atoms with E-state index in [1.807, 2.05) is 0 Å². The Labute approximate surface area is 322 Å². The maximum absolute atomic E-state index is 8.37. The van der Waals surface area contributed by atoms with Gasteiger partial charge in [0.05, 0.1) is 0 Å². The predicted molar refractivity (Wildman–Crippen MR) is 228 cm³/mol. The van der Waals surface area contributed by atoms with Gasteiger partial charge in [0.2, 0.25) is 0 Å². The fourth-order valence-corrected chi connectivity index (χ4v) is 82.3. The maximum atomic E-state index is 8.37. The van der Waals surface area contributed by atoms with Crippen molar-refractivity contribution in [3.8, 4) is 0 Å². The Kier molecular flexibility index (Phi) is 31.3. The molecule has 1 fully saturated rings. The molecule has 0 saturated carbocycles. The van der Waals surface area contributed by atoms with Crippen LogP contribution in [-0.4, -0.2) is 48.9 Å². The summed E-state index contributed by atoms with van der Waals surface area (Å²) >= 11 is -6.95. The van der Waals surface area contributed by atoms with E-state index in [1.54, 1.807) is 0 Å². The zero-order valence-corrected chi connectivity index (χ0v) is 41.6. The molecule has 0 bridgehead atoms. The van der Waals surface area contributed by atoms with Crippen molar-refractivity contribution in [2.45, 2.75) is 261 Å². The Hall–Kier alpha value is 1.48. The minimum absolute atomic E-state index is 0.107. The fourth-order valence-electron chi connectivity index (χ4n) is 8.32. The Balaban J connectivity index is 3.55. The fraction of sp³-hybridized carbons (Fsp3) is 1.00. The van der Waals surface area contributed by atoms with Gasteiger partial charge in [-0.3, -0.25) is 0 Å². The summed E-state index contributed by atoms with van der Waals surface area (Å²) in [6.07, 6.45) is 39.4. The molecule has 300 valence electrons. The minimum atomic E-state index is -3.56. The van der Waals surface area contributed by atoms with E-state index in [0.717, 1.165) is 13.2 Å². The van der Waals surface area contributed by atoms with Crippen molar-refractivity contribution in [3.05, 3.63) is 0 Å². The SMILES string of the molecule is CCCCCCCCC1(CCCCCCCC)C[CH2][Sn]([O]CC(C)CC)([O]CC(C)CC)[Sn]([CH2]CCCCCCC)([CH2]CCCCCCC)[O]1. The van der Waals surface area contributed by atoms with E-state index in [2.05, 4.69) is 55.4 Å². The molecular weight excluding hydrogens is 826 g/mol. The van der Waals surface area contributed by atoms with Gasteiger partial charge in [-0.15, -0.1) is 0 Å². The van der Waals surface area contributed by atoms with Crippen LogP contribution in [0.3, 0.4) is 0 Å². The molecule has 50 heavy (non-hydrogen) atoms. The van der Waals surface area contributed by atoms with E-state index in [0.29, 0.717) is 11.8 Å². The van der Waals surface area contributed by atoms with Crippen LogP contribution < -0.4 is 0 Å². The van der Waals surface area contributed by atoms with Crippen molar-refractivity contribution in [2.75, 3.05) is 13.2 Å². The molecule has 2 atom stereocenters. The summed E-state index contributed by atoms with van der Waals surface area (Å²) in [7, 11) is 0. The van der Waals surface area contributed by atoms with E-state index in [1.165, 1.54) is 200 Å². The van der Waals surface area contributed by atoms with Gasteiger partial charge >= 0.3 is 325 Å². The molecule has 0 aromatic rings. The van der Waals surface area contributed by atoms with Crippen molar-refractivity contribution < 1.29 is 9.22 Å². The van der Waals surface area contributed by atoms with E-state index in [9.17, 15) is 0 Å². The molecule has 5 heteroatoms. The van der Waals surface area contributed by atoms with Gasteiger partial charge in [-0.1, -0.05) is 0 Å². The summed E-state index contributed by atoms with van der Waals surface area (Å²) in [4.78, 5) is 0. The molecule has 0 aromatic heterocycles. The average Bonchev–Trinajstić information content (AvgIpc) is 3.13. The Morgan fingerprint density at radius 1 is 0.480 bits per heavy atom. The van der Waals surface area contributed by atoms with Crippen molar-refractivity contribution in [2.24, 2.45) is 11.8 Å². The van der Waals surface area contributed by atoms with Crippen LogP contribution in [-0.2, 0) is 9.22 Å². The monoisotopic (exact) mass is 923 g/mol. The first kappa shape index (κ1) is 49.5. The molecule has 3 nitrogen and oxygen atoms in total. The molecule has 1 aliphatic rings. The third-order valence-electron chi connectivity index (χ3n) is 12.5. The first-order valence-electron chi connectivity index (χ1n) is 23.3. The van der Waals surface area contributed by atoms with Gasteiger partial charge in [0.1, 0.15) is 0 Å². The van der Waals surface area contributed by atoms with Gasteiger partial charge in [0.25, 0.3) is 0 Å². The summed E-state index contributed by atoms with van der Waals surface area (Å²) < 4.78 is 27.7. The van der Waals surface area contributed by atoms with Crippen molar-refractivity contribution in [1.82, 2.24) is 0 Å². The standard InChI is InChI=1S/C19H38O.2C8H17.2C5H11O.2Sn/c1-4-7-9-11-13-15-17-19(20,6-3)18-16-14-12-10-8-5-2;2*1-3-5-7-8-6-4-2;2*1-3-5(2)4-6;;/h3-18H2,1-2H3;2*1,3-8H2,2H3;2*5H,3-4H2,1-2H3;;/q-1;;;2*-1;+1;+2. The van der Waals surface area contributed by atoms with E-state index in [4.69, 9.17) is 9.22 Å². The van der Waals surface area contributed by atoms with Crippen LogP contribution in [0, 0.1) is 11.8 Å². The molecule has 1 aliphatic heterocycles. The number of rotatable bonds is 36. The molecule has 0 aromatic carbocycles. The van der Waals surface area contributed by atoms with Crippen LogP contribution in [0.2, 0.25) is 13.3 Å². The van der Waals surface area contributed by atoms with Gasteiger partial charge in [-0.2, -0.15) is 0 Å². The molecule has 1 heterocycles. The zero-order chi connectivity index (χ0) is 36.8. The molecule has 2 unspecified atom stereocenters. The summed E-state index contributed by atoms with van der Waals surface area (Å²) in [6, 6.07) is 0. The molecule has 0 aliphatic carbocycles. The Morgan fingerprint density at radius 2 is 0.820 bits per heavy atom. The van der Waals surface area contributed by atoms with Crippen LogP contribution in [0.15, 0.2) is 0 Å². The summed E-state index contributed by atoms with van der Waals surface area (Å²) in [5, 5.41) is 0. The van der Waals surface area contributed by atoms with Gasteiger partial charge in [0.15, 0.2) is 0 Å². The Bertz CT molecular complexity index is 700. The first-order chi connectivity index (χ1) is 24.3. The predicted octanol–water partition coefficient (Wildman–Crippen LogP) is 16.0. The topological polar surface area (TPSA) is 27.7 Å². The van der Waals surface area contributed by atoms with Crippen LogP contribution in [0.1, 0.15) is 242 Å². The number of hydrogen-bond donors (Lipinski definition) is 0. The molecule has 0 spiro atoms. The van der Waals surface area contributed by atoms with Crippen molar-refractivity contribution in [3.63, 3.8) is 0 Å². The zero-order valence-electron chi connectivity index (χ0n) is 35.9. The number of hydrogen-bond acceptors (Lipinski definition) is 3. The van der Waals surface area contributed by atoms with Gasteiger partial charge in [0, 0.05) is 0 Å². The summed E-state index contributed by atoms with van der Waals surface area (Å²) in [6.45, 7) is 20.8. The summed E-state index contributed by atoms with van der Waals surface area (Å²) in [5.74, 6) is 1.22. The molecule has 0 amide bonds. The van der Waals surface area contributed by atoms with E-state index < -0.39 is 30.1 Å². The van der Waals surface area contributed by atoms with Crippen LogP contribution in [0.5, 0.6) is 0 Å². The van der Waals surface area contributed by atoms with Crippen molar-refractivity contribution in [1.29, 1.82) is 0 Å². The Morgan fingerprint density at radius 3 is 1.18 bits per heavy atom.